The fourth-order valence-electron chi connectivity index (χ4n) is 1.93. The first kappa shape index (κ1) is 11.5. The summed E-state index contributed by atoms with van der Waals surface area (Å²) in [7, 11) is 0. The van der Waals surface area contributed by atoms with Crippen LogP contribution in [-0.4, -0.2) is 20.7 Å². The van der Waals surface area contributed by atoms with Crippen molar-refractivity contribution in [1.82, 2.24) is 15.0 Å². The average molecular weight is 249 g/mol. The molecule has 0 aliphatic carbocycles. The molecule has 0 N–H and O–H groups in total. The predicted molar refractivity (Wildman–Crippen MR) is 71.9 cm³/mol. The zero-order chi connectivity index (χ0) is 13.2. The van der Waals surface area contributed by atoms with Crippen LogP contribution >= 0.6 is 0 Å². The highest BCUT2D eigenvalue weighted by atomic mass is 16.1. The number of ketones is 1. The molecule has 0 aliphatic heterocycles. The lowest BCUT2D eigenvalue weighted by molar-refractivity contribution is 0.103. The Bertz CT molecular complexity index is 745. The second-order valence-corrected chi connectivity index (χ2v) is 4.32. The van der Waals surface area contributed by atoms with Crippen LogP contribution in [0.2, 0.25) is 0 Å². The van der Waals surface area contributed by atoms with E-state index < -0.39 is 0 Å². The fraction of sp³-hybridized carbons (Fsp3) is 0.0667. The summed E-state index contributed by atoms with van der Waals surface area (Å²) in [6.45, 7) is 1.88. The number of benzene rings is 1. The van der Waals surface area contributed by atoms with Crippen molar-refractivity contribution in [3.05, 3.63) is 66.0 Å². The summed E-state index contributed by atoms with van der Waals surface area (Å²) in [5, 5.41) is 1.80. The van der Waals surface area contributed by atoms with E-state index in [0.717, 1.165) is 16.3 Å². The highest BCUT2D eigenvalue weighted by Gasteiger charge is 2.15. The Balaban J connectivity index is 2.14. The van der Waals surface area contributed by atoms with Crippen molar-refractivity contribution in [3.63, 3.8) is 0 Å². The van der Waals surface area contributed by atoms with Gasteiger partial charge in [-0.25, -0.2) is 9.97 Å². The van der Waals surface area contributed by atoms with Gasteiger partial charge in [-0.1, -0.05) is 24.3 Å². The van der Waals surface area contributed by atoms with Crippen LogP contribution in [0.15, 0.2) is 49.1 Å². The van der Waals surface area contributed by atoms with Gasteiger partial charge in [0.05, 0.1) is 5.56 Å². The van der Waals surface area contributed by atoms with E-state index in [4.69, 9.17) is 0 Å². The third-order valence-corrected chi connectivity index (χ3v) is 2.90. The van der Waals surface area contributed by atoms with Crippen LogP contribution in [0.4, 0.5) is 0 Å². The van der Waals surface area contributed by atoms with Crippen molar-refractivity contribution in [3.8, 4) is 0 Å². The van der Waals surface area contributed by atoms with E-state index in [9.17, 15) is 4.79 Å². The zero-order valence-electron chi connectivity index (χ0n) is 10.4. The molecular formula is C15H11N3O. The highest BCUT2D eigenvalue weighted by Crippen LogP contribution is 2.18. The van der Waals surface area contributed by atoms with Gasteiger partial charge in [0.2, 0.25) is 11.6 Å². The molecule has 3 aromatic rings. The monoisotopic (exact) mass is 249 g/mol. The number of carbonyl (C=O) groups excluding carboxylic acids is 1. The minimum absolute atomic E-state index is 0.198. The minimum atomic E-state index is -0.204. The number of pyridine rings is 1. The van der Waals surface area contributed by atoms with Crippen molar-refractivity contribution >= 4 is 16.6 Å². The van der Waals surface area contributed by atoms with Gasteiger partial charge in [0.1, 0.15) is 0 Å². The first-order valence-electron chi connectivity index (χ1n) is 5.92. The van der Waals surface area contributed by atoms with Gasteiger partial charge < -0.3 is 0 Å². The van der Waals surface area contributed by atoms with Gasteiger partial charge >= 0.3 is 0 Å². The molecule has 0 saturated heterocycles. The summed E-state index contributed by atoms with van der Waals surface area (Å²) in [5.74, 6) is -0.00643. The highest BCUT2D eigenvalue weighted by molar-refractivity contribution is 6.14. The van der Waals surface area contributed by atoms with Crippen molar-refractivity contribution in [2.75, 3.05) is 0 Å². The number of carbonyl (C=O) groups is 1. The number of nitrogens with zero attached hydrogens (tertiary/aromatic N) is 3. The fourth-order valence-corrected chi connectivity index (χ4v) is 1.93. The molecule has 2 heterocycles. The molecule has 0 saturated carbocycles. The van der Waals surface area contributed by atoms with Gasteiger partial charge in [-0.15, -0.1) is 0 Å². The third-order valence-electron chi connectivity index (χ3n) is 2.90. The van der Waals surface area contributed by atoms with Crippen molar-refractivity contribution in [2.45, 2.75) is 6.92 Å². The summed E-state index contributed by atoms with van der Waals surface area (Å²) in [5.41, 5.74) is 1.45. The van der Waals surface area contributed by atoms with Crippen LogP contribution in [0, 0.1) is 6.92 Å². The maximum atomic E-state index is 12.4. The smallest absolute Gasteiger partial charge is 0.232 e. The molecule has 0 amide bonds. The van der Waals surface area contributed by atoms with E-state index in [2.05, 4.69) is 15.0 Å². The van der Waals surface area contributed by atoms with Crippen molar-refractivity contribution in [1.29, 1.82) is 0 Å². The first-order valence-corrected chi connectivity index (χ1v) is 5.92. The number of fused-ring (bicyclic) bond motifs is 1. The summed E-state index contributed by atoms with van der Waals surface area (Å²) in [4.78, 5) is 24.7. The lowest BCUT2D eigenvalue weighted by Crippen LogP contribution is -2.08. The maximum absolute atomic E-state index is 12.4. The van der Waals surface area contributed by atoms with E-state index in [1.807, 2.05) is 31.2 Å². The lowest BCUT2D eigenvalue weighted by Gasteiger charge is -2.04. The molecule has 4 heteroatoms. The van der Waals surface area contributed by atoms with E-state index in [1.165, 1.54) is 0 Å². The molecule has 0 fully saturated rings. The lowest BCUT2D eigenvalue weighted by atomic mass is 10.0. The third kappa shape index (κ3) is 2.08. The van der Waals surface area contributed by atoms with E-state index in [1.54, 1.807) is 24.8 Å². The molecule has 4 nitrogen and oxygen atoms in total. The summed E-state index contributed by atoms with van der Waals surface area (Å²) in [6.07, 6.45) is 6.58. The Morgan fingerprint density at radius 1 is 1.00 bits per heavy atom. The van der Waals surface area contributed by atoms with Crippen LogP contribution < -0.4 is 0 Å². The molecule has 0 unspecified atom stereocenters. The minimum Gasteiger partial charge on any atom is -0.285 e. The number of aryl methyl sites for hydroxylation is 1. The normalized spacial score (nSPS) is 10.6. The molecule has 19 heavy (non-hydrogen) atoms. The van der Waals surface area contributed by atoms with Crippen molar-refractivity contribution < 1.29 is 4.79 Å². The summed E-state index contributed by atoms with van der Waals surface area (Å²) in [6, 6.07) is 7.64. The van der Waals surface area contributed by atoms with E-state index in [0.29, 0.717) is 5.56 Å². The molecule has 92 valence electrons. The van der Waals surface area contributed by atoms with Crippen molar-refractivity contribution in [2.24, 2.45) is 0 Å². The molecule has 2 aromatic heterocycles. The predicted octanol–water partition coefficient (Wildman–Crippen LogP) is 2.56. The largest absolute Gasteiger partial charge is 0.285 e. The van der Waals surface area contributed by atoms with Crippen LogP contribution in [0.25, 0.3) is 10.8 Å². The van der Waals surface area contributed by atoms with E-state index >= 15 is 0 Å². The number of hydrogen-bond donors (Lipinski definition) is 0. The van der Waals surface area contributed by atoms with Crippen LogP contribution in [0.1, 0.15) is 21.7 Å². The van der Waals surface area contributed by atoms with Gasteiger partial charge in [0.15, 0.2) is 0 Å². The molecule has 0 atom stereocenters. The quantitative estimate of drug-likeness (QED) is 0.655. The standard InChI is InChI=1S/C15H11N3O/c1-10-6-17-15(18-7-10)14(19)13-9-16-8-11-4-2-3-5-12(11)13/h2-9H,1H3. The Hall–Kier alpha value is -2.62. The summed E-state index contributed by atoms with van der Waals surface area (Å²) >= 11 is 0. The summed E-state index contributed by atoms with van der Waals surface area (Å²) < 4.78 is 0. The maximum Gasteiger partial charge on any atom is 0.232 e. The Labute approximate surface area is 110 Å². The van der Waals surface area contributed by atoms with Gasteiger partial charge in [0.25, 0.3) is 0 Å². The van der Waals surface area contributed by atoms with Gasteiger partial charge in [-0.2, -0.15) is 0 Å². The molecule has 0 radical (unpaired) electrons. The molecular weight excluding hydrogens is 238 g/mol. The first-order chi connectivity index (χ1) is 9.25. The molecule has 1 aromatic carbocycles. The Kier molecular flexibility index (Phi) is 2.76. The average Bonchev–Trinajstić information content (AvgIpc) is 2.47. The van der Waals surface area contributed by atoms with Crippen LogP contribution in [0.3, 0.4) is 0 Å². The number of rotatable bonds is 2. The number of hydrogen-bond acceptors (Lipinski definition) is 4. The van der Waals surface area contributed by atoms with Gasteiger partial charge in [0, 0.05) is 30.2 Å². The Morgan fingerprint density at radius 2 is 1.74 bits per heavy atom. The topological polar surface area (TPSA) is 55.7 Å². The zero-order valence-corrected chi connectivity index (χ0v) is 10.4. The van der Waals surface area contributed by atoms with Crippen LogP contribution in [0.5, 0.6) is 0 Å². The molecule has 0 aliphatic rings. The molecule has 0 bridgehead atoms. The SMILES string of the molecule is Cc1cnc(C(=O)c2cncc3ccccc23)nc1. The van der Waals surface area contributed by atoms with Gasteiger partial charge in [-0.05, 0) is 17.9 Å². The van der Waals surface area contributed by atoms with Gasteiger partial charge in [-0.3, -0.25) is 9.78 Å². The Morgan fingerprint density at radius 3 is 2.53 bits per heavy atom. The molecule has 3 rings (SSSR count). The second kappa shape index (κ2) is 4.57. The molecule has 0 spiro atoms. The second-order valence-electron chi connectivity index (χ2n) is 4.32. The number of aromatic nitrogens is 3. The van der Waals surface area contributed by atoms with Crippen LogP contribution in [-0.2, 0) is 0 Å². The van der Waals surface area contributed by atoms with E-state index in [-0.39, 0.29) is 11.6 Å².